The third-order valence-corrected chi connectivity index (χ3v) is 8.11. The largest absolute Gasteiger partial charge is 0.444 e. The molecule has 0 unspecified atom stereocenters. The van der Waals surface area contributed by atoms with Crippen molar-refractivity contribution in [3.05, 3.63) is 70.4 Å². The van der Waals surface area contributed by atoms with E-state index in [1.807, 2.05) is 65.0 Å². The molecule has 0 aliphatic carbocycles. The molecule has 0 bridgehead atoms. The zero-order chi connectivity index (χ0) is 32.2. The van der Waals surface area contributed by atoms with Crippen LogP contribution in [0.1, 0.15) is 62.5 Å². The minimum Gasteiger partial charge on any atom is -0.444 e. The Labute approximate surface area is 269 Å². The molecule has 2 N–H and O–H groups in total. The maximum absolute atomic E-state index is 13.9. The highest BCUT2D eigenvalue weighted by Gasteiger charge is 2.36. The molecule has 236 valence electrons. The van der Waals surface area contributed by atoms with E-state index in [4.69, 9.17) is 21.3 Å². The monoisotopic (exact) mass is 639 g/mol. The second-order valence-electron chi connectivity index (χ2n) is 12.7. The summed E-state index contributed by atoms with van der Waals surface area (Å²) in [7, 11) is 0. The lowest BCUT2D eigenvalue weighted by molar-refractivity contribution is 0.0171. The van der Waals surface area contributed by atoms with Crippen molar-refractivity contribution in [2.45, 2.75) is 77.5 Å². The molecule has 3 aromatic rings. The van der Waals surface area contributed by atoms with Gasteiger partial charge in [0.1, 0.15) is 10.8 Å². The Balaban J connectivity index is 1.53. The number of β-amino-alcohol motifs (C(OH)–C–C–N with tert-alkyl or cyclic N) is 1. The fourth-order valence-electron chi connectivity index (χ4n) is 5.36. The second kappa shape index (κ2) is 14.2. The van der Waals surface area contributed by atoms with E-state index in [0.29, 0.717) is 23.1 Å². The summed E-state index contributed by atoms with van der Waals surface area (Å²) in [5.74, 6) is 0.412. The highest BCUT2D eigenvalue weighted by Crippen LogP contribution is 2.30. The third-order valence-electron chi connectivity index (χ3n) is 7.14. The number of nitrogens with zero attached hydrogens (tertiary/aromatic N) is 4. The van der Waals surface area contributed by atoms with Gasteiger partial charge in [0, 0.05) is 35.2 Å². The molecule has 0 radical (unpaired) electrons. The van der Waals surface area contributed by atoms with Gasteiger partial charge in [0.2, 0.25) is 5.95 Å². The number of aryl methyl sites for hydroxylation is 2. The molecular weight excluding hydrogens is 598 g/mol. The molecule has 2 atom stereocenters. The second-order valence-corrected chi connectivity index (χ2v) is 13.9. The van der Waals surface area contributed by atoms with Gasteiger partial charge >= 0.3 is 6.09 Å². The van der Waals surface area contributed by atoms with E-state index in [1.54, 1.807) is 23.1 Å². The van der Waals surface area contributed by atoms with Crippen molar-refractivity contribution >= 4 is 41.5 Å². The van der Waals surface area contributed by atoms with Gasteiger partial charge in [0.15, 0.2) is 0 Å². The Bertz CT molecular complexity index is 1470. The SMILES string of the molecule is Cc1cccc(C)c1-c1cc(Cl)nc(NSc2cccc(C(=O)N3C[C@H](O)CN(C(=O)OC(C)(C)C)C[C@@H]3CC(C)C)c2)n1. The Kier molecular flexibility index (Phi) is 10.8. The summed E-state index contributed by atoms with van der Waals surface area (Å²) in [6.07, 6.45) is -0.732. The molecule has 2 amide bonds. The zero-order valence-electron chi connectivity index (χ0n) is 26.4. The highest BCUT2D eigenvalue weighted by molar-refractivity contribution is 8.00. The topological polar surface area (TPSA) is 108 Å². The van der Waals surface area contributed by atoms with Gasteiger partial charge in [-0.1, -0.05) is 49.7 Å². The summed E-state index contributed by atoms with van der Waals surface area (Å²) >= 11 is 7.65. The molecule has 2 aromatic carbocycles. The number of carbonyl (C=O) groups is 2. The molecule has 1 saturated heterocycles. The number of hydrogen-bond acceptors (Lipinski definition) is 8. The van der Waals surface area contributed by atoms with Crippen molar-refractivity contribution in [3.63, 3.8) is 0 Å². The molecule has 0 spiro atoms. The Morgan fingerprint density at radius 2 is 1.75 bits per heavy atom. The minimum atomic E-state index is -0.908. The number of hydrogen-bond donors (Lipinski definition) is 2. The lowest BCUT2D eigenvalue weighted by Gasteiger charge is -2.33. The number of benzene rings is 2. The molecule has 0 saturated carbocycles. The first-order chi connectivity index (χ1) is 20.7. The van der Waals surface area contributed by atoms with E-state index in [2.05, 4.69) is 23.6 Å². The molecular formula is C33H42ClN5O4S. The highest BCUT2D eigenvalue weighted by atomic mass is 35.5. The van der Waals surface area contributed by atoms with Gasteiger partial charge in [-0.25, -0.2) is 14.8 Å². The molecule has 9 nitrogen and oxygen atoms in total. The first-order valence-electron chi connectivity index (χ1n) is 14.8. The number of halogens is 1. The Morgan fingerprint density at radius 3 is 2.41 bits per heavy atom. The molecule has 2 heterocycles. The van der Waals surface area contributed by atoms with Crippen LogP contribution in [0.15, 0.2) is 53.4 Å². The van der Waals surface area contributed by atoms with Gasteiger partial charge < -0.3 is 19.6 Å². The van der Waals surface area contributed by atoms with Crippen LogP contribution >= 0.6 is 23.5 Å². The quantitative estimate of drug-likeness (QED) is 0.210. The molecule has 1 aliphatic heterocycles. The number of amides is 2. The summed E-state index contributed by atoms with van der Waals surface area (Å²) in [5.41, 5.74) is 3.73. The predicted molar refractivity (Wildman–Crippen MR) is 176 cm³/mol. The van der Waals surface area contributed by atoms with E-state index in [-0.39, 0.29) is 37.5 Å². The van der Waals surface area contributed by atoms with Crippen LogP contribution in [-0.2, 0) is 4.74 Å². The summed E-state index contributed by atoms with van der Waals surface area (Å²) in [6, 6.07) is 14.8. The van der Waals surface area contributed by atoms with Crippen LogP contribution in [0.5, 0.6) is 0 Å². The predicted octanol–water partition coefficient (Wildman–Crippen LogP) is 7.00. The molecule has 44 heavy (non-hydrogen) atoms. The molecule has 1 aliphatic rings. The van der Waals surface area contributed by atoms with E-state index in [0.717, 1.165) is 27.3 Å². The Morgan fingerprint density at radius 1 is 1.07 bits per heavy atom. The molecule has 4 rings (SSSR count). The van der Waals surface area contributed by atoms with Crippen LogP contribution in [0, 0.1) is 19.8 Å². The van der Waals surface area contributed by atoms with E-state index in [1.165, 1.54) is 16.8 Å². The number of aromatic nitrogens is 2. The zero-order valence-corrected chi connectivity index (χ0v) is 28.0. The summed E-state index contributed by atoms with van der Waals surface area (Å²) in [5, 5.41) is 11.2. The first-order valence-corrected chi connectivity index (χ1v) is 16.0. The Hall–Kier alpha value is -3.34. The van der Waals surface area contributed by atoms with Crippen molar-refractivity contribution in [2.24, 2.45) is 5.92 Å². The van der Waals surface area contributed by atoms with Gasteiger partial charge in [0.05, 0.1) is 24.4 Å². The normalized spacial score (nSPS) is 17.4. The smallest absolute Gasteiger partial charge is 0.410 e. The van der Waals surface area contributed by atoms with E-state index in [9.17, 15) is 14.7 Å². The maximum atomic E-state index is 13.9. The average molecular weight is 640 g/mol. The number of anilines is 1. The molecule has 11 heteroatoms. The van der Waals surface area contributed by atoms with Crippen LogP contribution < -0.4 is 4.72 Å². The number of aliphatic hydroxyl groups is 1. The molecule has 1 fully saturated rings. The number of rotatable bonds is 7. The van der Waals surface area contributed by atoms with Crippen LogP contribution in [0.3, 0.4) is 0 Å². The summed E-state index contributed by atoms with van der Waals surface area (Å²) in [6.45, 7) is 14.1. The van der Waals surface area contributed by atoms with Gasteiger partial charge in [-0.05, 0) is 88.2 Å². The average Bonchev–Trinajstić information content (AvgIpc) is 3.08. The lowest BCUT2D eigenvalue weighted by Crippen LogP contribution is -2.47. The number of aliphatic hydroxyl groups excluding tert-OH is 1. The van der Waals surface area contributed by atoms with Crippen molar-refractivity contribution in [1.82, 2.24) is 19.8 Å². The fraction of sp³-hybridized carbons (Fsp3) is 0.455. The van der Waals surface area contributed by atoms with E-state index >= 15 is 0 Å². The first kappa shape index (κ1) is 33.6. The van der Waals surface area contributed by atoms with Gasteiger partial charge in [0.25, 0.3) is 5.91 Å². The van der Waals surface area contributed by atoms with Crippen LogP contribution in [0.25, 0.3) is 11.3 Å². The van der Waals surface area contributed by atoms with Crippen molar-refractivity contribution in [2.75, 3.05) is 24.4 Å². The summed E-state index contributed by atoms with van der Waals surface area (Å²) in [4.78, 5) is 39.9. The maximum Gasteiger partial charge on any atom is 0.410 e. The van der Waals surface area contributed by atoms with Gasteiger partial charge in [-0.3, -0.25) is 9.52 Å². The number of carbonyl (C=O) groups excluding carboxylic acids is 2. The number of nitrogens with one attached hydrogen (secondary N) is 1. The van der Waals surface area contributed by atoms with Gasteiger partial charge in [-0.2, -0.15) is 0 Å². The van der Waals surface area contributed by atoms with Crippen LogP contribution in [-0.4, -0.2) is 74.3 Å². The fourth-order valence-corrected chi connectivity index (χ4v) is 6.18. The van der Waals surface area contributed by atoms with Crippen molar-refractivity contribution in [3.8, 4) is 11.3 Å². The number of ether oxygens (including phenoxy) is 1. The van der Waals surface area contributed by atoms with E-state index < -0.39 is 17.8 Å². The van der Waals surface area contributed by atoms with Crippen LogP contribution in [0.2, 0.25) is 5.15 Å². The summed E-state index contributed by atoms with van der Waals surface area (Å²) < 4.78 is 8.76. The molecule has 1 aromatic heterocycles. The standard InChI is InChI=1S/C33H42ClN5O4S/c1-20(2)14-24-17-38(32(42)43-33(5,6)7)18-25(40)19-39(24)30(41)23-12-9-13-26(15-23)44-37-31-35-27(16-28(34)36-31)29-21(3)10-8-11-22(29)4/h8-13,15-16,20,24-25,40H,14,17-19H2,1-7H3,(H,35,36,37)/t24-,25+/m0/s1. The lowest BCUT2D eigenvalue weighted by atomic mass is 10.00. The van der Waals surface area contributed by atoms with Gasteiger partial charge in [-0.15, -0.1) is 0 Å². The minimum absolute atomic E-state index is 0.0940. The van der Waals surface area contributed by atoms with Crippen molar-refractivity contribution in [1.29, 1.82) is 0 Å². The third kappa shape index (κ3) is 8.86. The van der Waals surface area contributed by atoms with Crippen LogP contribution in [0.4, 0.5) is 10.7 Å². The van der Waals surface area contributed by atoms with Crippen molar-refractivity contribution < 1.29 is 19.4 Å².